The molecule has 0 heterocycles. The monoisotopic (exact) mass is 299 g/mol. The van der Waals surface area contributed by atoms with Crippen molar-refractivity contribution in [3.63, 3.8) is 0 Å². The third kappa shape index (κ3) is 107. The van der Waals surface area contributed by atoms with Crippen molar-refractivity contribution in [3.8, 4) is 0 Å². The Morgan fingerprint density at radius 3 is 0.769 bits per heavy atom. The summed E-state index contributed by atoms with van der Waals surface area (Å²) in [5, 5.41) is 23.4. The molecular weight excluding hydrogens is 275 g/mol. The smallest absolute Gasteiger partial charge is 0.0431 e. The average Bonchev–Trinajstić information content (AvgIpc) is 2.18. The zero-order valence-electron chi connectivity index (χ0n) is 8.21. The molecule has 0 unspecified atom stereocenters. The van der Waals surface area contributed by atoms with Crippen LogP contribution in [0.15, 0.2) is 0 Å². The van der Waals surface area contributed by atoms with Crippen LogP contribution in [0.25, 0.3) is 0 Å². The zero-order chi connectivity index (χ0) is 10.2. The summed E-state index contributed by atoms with van der Waals surface area (Å²) in [5.41, 5.74) is 0. The van der Waals surface area contributed by atoms with Crippen LogP contribution in [0.3, 0.4) is 0 Å². The Bertz CT molecular complexity index is 35.5. The third-order valence-electron chi connectivity index (χ3n) is 0.474. The van der Waals surface area contributed by atoms with Crippen LogP contribution in [0.2, 0.25) is 0 Å². The fourth-order valence-electron chi connectivity index (χ4n) is 0. The van der Waals surface area contributed by atoms with Crippen molar-refractivity contribution < 1.29 is 16.7 Å². The fraction of sp³-hybridized carbons (Fsp3) is 0.667. The Morgan fingerprint density at radius 1 is 0.692 bits per heavy atom. The van der Waals surface area contributed by atoms with Gasteiger partial charge in [-0.05, 0) is 19.3 Å². The number of aliphatic hydroxyl groups is 3. The van der Waals surface area contributed by atoms with Crippen LogP contribution in [0.5, 0.6) is 0 Å². The first kappa shape index (κ1) is 23.5. The number of aliphatic hydroxyl groups excluding tert-OH is 3. The molecule has 3 nitrogen and oxygen atoms in total. The van der Waals surface area contributed by atoms with Crippen LogP contribution < -0.4 is 0 Å². The Balaban J connectivity index is -0.0000000270. The van der Waals surface area contributed by atoms with Gasteiger partial charge in [-0.3, -0.25) is 0 Å². The maximum atomic E-state index is 7.81. The predicted molar refractivity (Wildman–Crippen MR) is 59.0 cm³/mol. The molecule has 0 aromatic heterocycles. The van der Waals surface area contributed by atoms with E-state index < -0.39 is 0 Å². The first-order chi connectivity index (χ1) is 5.74. The summed E-state index contributed by atoms with van der Waals surface area (Å²) < 4.78 is 0. The Kier molecular flexibility index (Phi) is 70.0. The molecule has 0 saturated heterocycles. The maximum Gasteiger partial charge on any atom is 0.0431 e. The van der Waals surface area contributed by atoms with Crippen LogP contribution in [0, 0.1) is 20.8 Å². The van der Waals surface area contributed by atoms with E-state index in [1.54, 1.807) is 0 Å². The van der Waals surface area contributed by atoms with E-state index in [9.17, 15) is 0 Å². The quantitative estimate of drug-likeness (QED) is 0.664. The van der Waals surface area contributed by atoms with E-state index >= 15 is 0 Å². The van der Waals surface area contributed by atoms with Crippen molar-refractivity contribution in [2.75, 3.05) is 19.8 Å². The summed E-state index contributed by atoms with van der Waals surface area (Å²) in [6, 6.07) is 0. The molecule has 0 aliphatic heterocycles. The van der Waals surface area contributed by atoms with Gasteiger partial charge in [0.2, 0.25) is 0 Å². The van der Waals surface area contributed by atoms with Gasteiger partial charge in [0.15, 0.2) is 0 Å². The number of rotatable bonds is 3. The van der Waals surface area contributed by atoms with E-state index in [-0.39, 0.29) is 45.2 Å². The van der Waals surface area contributed by atoms with Crippen molar-refractivity contribution >= 4 is 23.9 Å². The van der Waals surface area contributed by atoms with Gasteiger partial charge in [0.05, 0.1) is 0 Å². The van der Waals surface area contributed by atoms with Crippen LogP contribution in [-0.4, -0.2) is 59.0 Å². The standard InChI is InChI=1S/3C3H7O.Sn.H2/c3*1-2-3-4;;/h3*4H,1-3H2;;1H. The minimum absolute atomic E-state index is 0. The molecule has 0 fully saturated rings. The van der Waals surface area contributed by atoms with Gasteiger partial charge in [0.1, 0.15) is 0 Å². The second kappa shape index (κ2) is 38.8. The molecule has 0 aromatic carbocycles. The molecule has 13 heavy (non-hydrogen) atoms. The normalized spacial score (nSPS) is 6.92. The van der Waals surface area contributed by atoms with Crippen molar-refractivity contribution in [3.05, 3.63) is 20.8 Å². The van der Waals surface area contributed by atoms with E-state index in [1.807, 2.05) is 0 Å². The Labute approximate surface area is 101 Å². The first-order valence-electron chi connectivity index (χ1n) is 3.95. The van der Waals surface area contributed by atoms with Gasteiger partial charge in [-0.15, -0.1) is 0 Å². The van der Waals surface area contributed by atoms with E-state index in [2.05, 4.69) is 20.8 Å². The van der Waals surface area contributed by atoms with E-state index in [0.717, 1.165) is 0 Å². The predicted octanol–water partition coefficient (Wildman–Crippen LogP) is 0.474. The molecule has 0 aliphatic carbocycles. The van der Waals surface area contributed by atoms with E-state index in [1.165, 1.54) is 0 Å². The second-order valence-corrected chi connectivity index (χ2v) is 1.73. The van der Waals surface area contributed by atoms with Crippen molar-refractivity contribution in [2.45, 2.75) is 19.3 Å². The topological polar surface area (TPSA) is 60.7 Å². The van der Waals surface area contributed by atoms with Crippen LogP contribution in [-0.2, 0) is 0 Å². The molecule has 4 heteroatoms. The molecule has 0 bridgehead atoms. The molecular formula is C9H23O3Sn. The molecule has 0 aliphatic rings. The maximum absolute atomic E-state index is 7.81. The van der Waals surface area contributed by atoms with Gasteiger partial charge in [-0.1, -0.05) is 20.8 Å². The van der Waals surface area contributed by atoms with Gasteiger partial charge in [0, 0.05) is 45.2 Å². The summed E-state index contributed by atoms with van der Waals surface area (Å²) in [6.45, 7) is 10.7. The average molecular weight is 298 g/mol. The minimum Gasteiger partial charge on any atom is -0.396 e. The molecule has 0 amide bonds. The molecule has 0 atom stereocenters. The summed E-state index contributed by atoms with van der Waals surface area (Å²) in [4.78, 5) is 0. The van der Waals surface area contributed by atoms with Gasteiger partial charge >= 0.3 is 0 Å². The number of hydrogen-bond acceptors (Lipinski definition) is 3. The summed E-state index contributed by atoms with van der Waals surface area (Å²) in [6.07, 6.45) is 1.88. The molecule has 0 spiro atoms. The van der Waals surface area contributed by atoms with Gasteiger partial charge in [-0.2, -0.15) is 0 Å². The molecule has 7 radical (unpaired) electrons. The largest absolute Gasteiger partial charge is 0.396 e. The fourth-order valence-corrected chi connectivity index (χ4v) is 0. The van der Waals surface area contributed by atoms with E-state index in [4.69, 9.17) is 15.3 Å². The van der Waals surface area contributed by atoms with Crippen LogP contribution in [0.4, 0.5) is 0 Å². The van der Waals surface area contributed by atoms with Crippen molar-refractivity contribution in [1.29, 1.82) is 0 Å². The molecule has 0 aromatic rings. The number of hydrogen-bond donors (Lipinski definition) is 3. The Morgan fingerprint density at radius 2 is 0.769 bits per heavy atom. The summed E-state index contributed by atoms with van der Waals surface area (Å²) >= 11 is 0. The van der Waals surface area contributed by atoms with Crippen LogP contribution >= 0.6 is 0 Å². The second-order valence-electron chi connectivity index (χ2n) is 1.73. The summed E-state index contributed by atoms with van der Waals surface area (Å²) in [7, 11) is 0. The van der Waals surface area contributed by atoms with Crippen LogP contribution in [0.1, 0.15) is 20.7 Å². The molecule has 81 valence electrons. The minimum atomic E-state index is 0. The zero-order valence-corrected chi connectivity index (χ0v) is 11.1. The Hall–Kier alpha value is 0.679. The van der Waals surface area contributed by atoms with Crippen molar-refractivity contribution in [2.24, 2.45) is 0 Å². The molecule has 0 rings (SSSR count). The SMILES string of the molecule is [CH2]CCO.[CH2]CCO.[CH2]CCO.[HH].[Sn]. The van der Waals surface area contributed by atoms with Gasteiger partial charge in [0.25, 0.3) is 0 Å². The van der Waals surface area contributed by atoms with Gasteiger partial charge < -0.3 is 15.3 Å². The van der Waals surface area contributed by atoms with Gasteiger partial charge in [-0.25, -0.2) is 0 Å². The first-order valence-corrected chi connectivity index (χ1v) is 3.95. The molecule has 3 N–H and O–H groups in total. The van der Waals surface area contributed by atoms with Crippen molar-refractivity contribution in [1.82, 2.24) is 0 Å². The molecule has 0 saturated carbocycles. The van der Waals surface area contributed by atoms with E-state index in [0.29, 0.717) is 19.3 Å². The summed E-state index contributed by atoms with van der Waals surface area (Å²) in [5.74, 6) is 0. The third-order valence-corrected chi connectivity index (χ3v) is 0.474.